The first kappa shape index (κ1) is 10.0. The Balaban J connectivity index is 1.85. The Labute approximate surface area is 97.1 Å². The fourth-order valence-corrected chi connectivity index (χ4v) is 2.68. The predicted molar refractivity (Wildman–Crippen MR) is 60.0 cm³/mol. The van der Waals surface area contributed by atoms with Crippen LogP contribution in [-0.4, -0.2) is 14.7 Å². The number of fused-ring (bicyclic) bond motifs is 1. The summed E-state index contributed by atoms with van der Waals surface area (Å²) in [5.74, 6) is 0.900. The molecule has 0 radical (unpaired) electrons. The van der Waals surface area contributed by atoms with E-state index in [1.54, 1.807) is 11.3 Å². The minimum atomic E-state index is -0.0102. The number of aromatic nitrogens is 2. The molecular formula is C11H12N2O2S. The summed E-state index contributed by atoms with van der Waals surface area (Å²) in [5.41, 5.74) is 0.713. The average molecular weight is 236 g/mol. The fourth-order valence-electron chi connectivity index (χ4n) is 1.92. The van der Waals surface area contributed by atoms with E-state index in [1.165, 1.54) is 4.88 Å². The molecule has 4 nitrogen and oxygen atoms in total. The standard InChI is InChI=1S/C11H12N2O2S/c14-6-8-4-13-5-9(10-2-1-3-16-10)15-7-11(13)12-8/h1-4,9,14H,5-7H2/t9-/m1/s1. The van der Waals surface area contributed by atoms with Gasteiger partial charge in [0.25, 0.3) is 0 Å². The molecule has 0 saturated heterocycles. The Morgan fingerprint density at radius 1 is 1.62 bits per heavy atom. The van der Waals surface area contributed by atoms with Gasteiger partial charge in [-0.3, -0.25) is 0 Å². The molecule has 0 unspecified atom stereocenters. The van der Waals surface area contributed by atoms with Gasteiger partial charge in [-0.05, 0) is 11.4 Å². The molecule has 2 aromatic heterocycles. The third kappa shape index (κ3) is 1.67. The van der Waals surface area contributed by atoms with Crippen molar-refractivity contribution >= 4 is 11.3 Å². The number of aliphatic hydroxyl groups excluding tert-OH is 1. The van der Waals surface area contributed by atoms with Gasteiger partial charge in [-0.15, -0.1) is 11.3 Å². The van der Waals surface area contributed by atoms with E-state index in [2.05, 4.69) is 21.0 Å². The lowest BCUT2D eigenvalue weighted by Gasteiger charge is -2.23. The van der Waals surface area contributed by atoms with Gasteiger partial charge in [0.05, 0.1) is 18.8 Å². The van der Waals surface area contributed by atoms with E-state index in [4.69, 9.17) is 9.84 Å². The molecule has 1 aliphatic rings. The quantitative estimate of drug-likeness (QED) is 0.863. The number of ether oxygens (including phenoxy) is 1. The average Bonchev–Trinajstić information content (AvgIpc) is 2.96. The number of rotatable bonds is 2. The van der Waals surface area contributed by atoms with Crippen molar-refractivity contribution in [2.45, 2.75) is 25.9 Å². The van der Waals surface area contributed by atoms with E-state index in [9.17, 15) is 0 Å². The van der Waals surface area contributed by atoms with Crippen molar-refractivity contribution in [2.24, 2.45) is 0 Å². The minimum absolute atomic E-state index is 0.0102. The highest BCUT2D eigenvalue weighted by Gasteiger charge is 2.22. The second kappa shape index (κ2) is 4.01. The van der Waals surface area contributed by atoms with Crippen molar-refractivity contribution in [2.75, 3.05) is 0 Å². The summed E-state index contributed by atoms with van der Waals surface area (Å²) in [6.45, 7) is 1.29. The third-order valence-electron chi connectivity index (χ3n) is 2.71. The Morgan fingerprint density at radius 2 is 2.56 bits per heavy atom. The van der Waals surface area contributed by atoms with E-state index in [0.717, 1.165) is 12.4 Å². The van der Waals surface area contributed by atoms with Crippen molar-refractivity contribution in [3.8, 4) is 0 Å². The van der Waals surface area contributed by atoms with Gasteiger partial charge in [0, 0.05) is 11.1 Å². The second-order valence-electron chi connectivity index (χ2n) is 3.77. The summed E-state index contributed by atoms with van der Waals surface area (Å²) >= 11 is 1.71. The second-order valence-corrected chi connectivity index (χ2v) is 4.75. The Hall–Kier alpha value is -1.17. The summed E-state index contributed by atoms with van der Waals surface area (Å²) in [6, 6.07) is 4.12. The summed E-state index contributed by atoms with van der Waals surface area (Å²) in [7, 11) is 0. The van der Waals surface area contributed by atoms with Crippen LogP contribution in [0.1, 0.15) is 22.5 Å². The van der Waals surface area contributed by atoms with Gasteiger partial charge in [0.1, 0.15) is 18.5 Å². The molecule has 0 aliphatic carbocycles. The third-order valence-corrected chi connectivity index (χ3v) is 3.67. The highest BCUT2D eigenvalue weighted by atomic mass is 32.1. The van der Waals surface area contributed by atoms with Gasteiger partial charge in [0.2, 0.25) is 0 Å². The largest absolute Gasteiger partial charge is 0.390 e. The number of imidazole rings is 1. The van der Waals surface area contributed by atoms with Crippen LogP contribution >= 0.6 is 11.3 Å². The van der Waals surface area contributed by atoms with Crippen LogP contribution in [0.15, 0.2) is 23.7 Å². The molecule has 0 saturated carbocycles. The maximum Gasteiger partial charge on any atom is 0.135 e. The van der Waals surface area contributed by atoms with Crippen LogP contribution in [0.3, 0.4) is 0 Å². The smallest absolute Gasteiger partial charge is 0.135 e. The number of aliphatic hydroxyl groups is 1. The SMILES string of the molecule is OCc1cn2c(n1)CO[C@@H](c1cccs1)C2. The number of hydrogen-bond acceptors (Lipinski definition) is 4. The molecule has 1 N–H and O–H groups in total. The minimum Gasteiger partial charge on any atom is -0.390 e. The van der Waals surface area contributed by atoms with Crippen molar-refractivity contribution in [3.63, 3.8) is 0 Å². The van der Waals surface area contributed by atoms with Gasteiger partial charge >= 0.3 is 0 Å². The van der Waals surface area contributed by atoms with E-state index in [-0.39, 0.29) is 12.7 Å². The first-order chi connectivity index (χ1) is 7.86. The molecule has 3 heterocycles. The summed E-state index contributed by atoms with van der Waals surface area (Å²) in [6.07, 6.45) is 2.02. The lowest BCUT2D eigenvalue weighted by Crippen LogP contribution is -2.20. The van der Waals surface area contributed by atoms with Gasteiger partial charge in [-0.25, -0.2) is 4.98 Å². The first-order valence-corrected chi connectivity index (χ1v) is 6.05. The number of hydrogen-bond donors (Lipinski definition) is 1. The molecule has 3 rings (SSSR count). The van der Waals surface area contributed by atoms with Crippen LogP contribution in [-0.2, 0) is 24.5 Å². The van der Waals surface area contributed by atoms with Gasteiger partial charge in [-0.2, -0.15) is 0 Å². The Morgan fingerprint density at radius 3 is 3.31 bits per heavy atom. The van der Waals surface area contributed by atoms with Crippen molar-refractivity contribution < 1.29 is 9.84 Å². The van der Waals surface area contributed by atoms with E-state index < -0.39 is 0 Å². The molecule has 16 heavy (non-hydrogen) atoms. The lowest BCUT2D eigenvalue weighted by molar-refractivity contribution is 0.00267. The molecule has 0 amide bonds. The molecule has 2 aromatic rings. The molecule has 0 fully saturated rings. The molecule has 84 valence electrons. The van der Waals surface area contributed by atoms with Gasteiger partial charge in [-0.1, -0.05) is 6.07 Å². The van der Waals surface area contributed by atoms with Crippen LogP contribution in [0, 0.1) is 0 Å². The van der Waals surface area contributed by atoms with Crippen LogP contribution in [0.4, 0.5) is 0 Å². The van der Waals surface area contributed by atoms with Crippen LogP contribution in [0.25, 0.3) is 0 Å². The predicted octanol–water partition coefficient (Wildman–Crippen LogP) is 1.71. The van der Waals surface area contributed by atoms with Gasteiger partial charge < -0.3 is 14.4 Å². The molecule has 0 aromatic carbocycles. The molecule has 1 aliphatic heterocycles. The zero-order valence-electron chi connectivity index (χ0n) is 8.67. The fraction of sp³-hybridized carbons (Fsp3) is 0.364. The Kier molecular flexibility index (Phi) is 2.51. The van der Waals surface area contributed by atoms with E-state index >= 15 is 0 Å². The summed E-state index contributed by atoms with van der Waals surface area (Å²) in [5, 5.41) is 11.1. The van der Waals surface area contributed by atoms with Crippen LogP contribution in [0.5, 0.6) is 0 Å². The zero-order chi connectivity index (χ0) is 11.0. The van der Waals surface area contributed by atoms with E-state index in [1.807, 2.05) is 12.3 Å². The number of thiophene rings is 1. The molecule has 1 atom stereocenters. The molecule has 0 spiro atoms. The topological polar surface area (TPSA) is 47.3 Å². The van der Waals surface area contributed by atoms with Crippen molar-refractivity contribution in [1.29, 1.82) is 0 Å². The van der Waals surface area contributed by atoms with Crippen LogP contribution in [0.2, 0.25) is 0 Å². The molecule has 5 heteroatoms. The van der Waals surface area contributed by atoms with Crippen LogP contribution < -0.4 is 0 Å². The molecular weight excluding hydrogens is 224 g/mol. The zero-order valence-corrected chi connectivity index (χ0v) is 9.48. The molecule has 0 bridgehead atoms. The van der Waals surface area contributed by atoms with Crippen molar-refractivity contribution in [3.05, 3.63) is 40.1 Å². The Bertz CT molecular complexity index is 478. The monoisotopic (exact) mass is 236 g/mol. The van der Waals surface area contributed by atoms with E-state index in [0.29, 0.717) is 12.3 Å². The summed E-state index contributed by atoms with van der Waals surface area (Å²) < 4.78 is 7.82. The highest BCUT2D eigenvalue weighted by molar-refractivity contribution is 7.10. The maximum atomic E-state index is 9.02. The number of nitrogens with zero attached hydrogens (tertiary/aromatic N) is 2. The highest BCUT2D eigenvalue weighted by Crippen LogP contribution is 2.29. The first-order valence-electron chi connectivity index (χ1n) is 5.17. The van der Waals surface area contributed by atoms with Gasteiger partial charge in [0.15, 0.2) is 0 Å². The summed E-state index contributed by atoms with van der Waals surface area (Å²) in [4.78, 5) is 5.52. The van der Waals surface area contributed by atoms with Crippen molar-refractivity contribution in [1.82, 2.24) is 9.55 Å². The normalized spacial score (nSPS) is 19.7. The maximum absolute atomic E-state index is 9.02. The lowest BCUT2D eigenvalue weighted by atomic mass is 10.2.